The first-order chi connectivity index (χ1) is 7.54. The second-order valence-corrected chi connectivity index (χ2v) is 4.16. The van der Waals surface area contributed by atoms with Crippen LogP contribution in [0, 0.1) is 6.92 Å². The number of aryl methyl sites for hydroxylation is 1. The standard InChI is InChI=1S/C12H16ClNO2/c1-8-7-9(13)3-4-10(8)11(14)5-6-12(15)16-2/h3-4,7,11H,5-6,14H2,1-2H3. The molecule has 1 aromatic rings. The predicted octanol–water partition coefficient (Wildman–Crippen LogP) is 2.60. The Hall–Kier alpha value is -1.06. The third-order valence-electron chi connectivity index (χ3n) is 2.52. The SMILES string of the molecule is COC(=O)CCC(N)c1ccc(Cl)cc1C. The van der Waals surface area contributed by atoms with E-state index in [1.807, 2.05) is 25.1 Å². The first kappa shape index (κ1) is 13.0. The van der Waals surface area contributed by atoms with Crippen LogP contribution in [0.15, 0.2) is 18.2 Å². The largest absolute Gasteiger partial charge is 0.469 e. The molecule has 0 fully saturated rings. The lowest BCUT2D eigenvalue weighted by atomic mass is 9.98. The highest BCUT2D eigenvalue weighted by Crippen LogP contribution is 2.22. The number of hydrogen-bond donors (Lipinski definition) is 1. The molecule has 0 radical (unpaired) electrons. The molecule has 4 heteroatoms. The van der Waals surface area contributed by atoms with Gasteiger partial charge in [0.2, 0.25) is 0 Å². The van der Waals surface area contributed by atoms with Crippen molar-refractivity contribution in [3.8, 4) is 0 Å². The van der Waals surface area contributed by atoms with Crippen LogP contribution in [0.1, 0.15) is 30.0 Å². The van der Waals surface area contributed by atoms with E-state index in [-0.39, 0.29) is 12.0 Å². The van der Waals surface area contributed by atoms with Gasteiger partial charge < -0.3 is 10.5 Å². The second kappa shape index (κ2) is 5.87. The molecule has 0 aliphatic rings. The molecular weight excluding hydrogens is 226 g/mol. The molecular formula is C12H16ClNO2. The predicted molar refractivity (Wildman–Crippen MR) is 64.4 cm³/mol. The molecule has 0 saturated heterocycles. The van der Waals surface area contributed by atoms with E-state index in [9.17, 15) is 4.79 Å². The molecule has 1 atom stereocenters. The fourth-order valence-corrected chi connectivity index (χ4v) is 1.81. The number of esters is 1. The minimum atomic E-state index is -0.234. The number of methoxy groups -OCH3 is 1. The summed E-state index contributed by atoms with van der Waals surface area (Å²) in [6.45, 7) is 1.96. The normalized spacial score (nSPS) is 12.2. The number of rotatable bonds is 4. The monoisotopic (exact) mass is 241 g/mol. The Morgan fingerprint density at radius 1 is 1.56 bits per heavy atom. The van der Waals surface area contributed by atoms with Gasteiger partial charge in [-0.3, -0.25) is 4.79 Å². The average Bonchev–Trinajstić information content (AvgIpc) is 2.25. The van der Waals surface area contributed by atoms with Crippen LogP contribution in [0.3, 0.4) is 0 Å². The van der Waals surface area contributed by atoms with Crippen molar-refractivity contribution in [2.45, 2.75) is 25.8 Å². The lowest BCUT2D eigenvalue weighted by Crippen LogP contribution is -2.14. The van der Waals surface area contributed by atoms with Gasteiger partial charge >= 0.3 is 5.97 Å². The topological polar surface area (TPSA) is 52.3 Å². The zero-order chi connectivity index (χ0) is 12.1. The van der Waals surface area contributed by atoms with Crippen molar-refractivity contribution in [1.82, 2.24) is 0 Å². The van der Waals surface area contributed by atoms with Crippen LogP contribution in [-0.2, 0) is 9.53 Å². The summed E-state index contributed by atoms with van der Waals surface area (Å²) in [4.78, 5) is 11.0. The maximum Gasteiger partial charge on any atom is 0.305 e. The average molecular weight is 242 g/mol. The fraction of sp³-hybridized carbons (Fsp3) is 0.417. The van der Waals surface area contributed by atoms with E-state index in [2.05, 4.69) is 4.74 Å². The number of halogens is 1. The Labute approximate surface area is 101 Å². The van der Waals surface area contributed by atoms with Crippen molar-refractivity contribution in [1.29, 1.82) is 0 Å². The Kier molecular flexibility index (Phi) is 4.77. The highest BCUT2D eigenvalue weighted by Gasteiger charge is 2.11. The molecule has 88 valence electrons. The van der Waals surface area contributed by atoms with Crippen molar-refractivity contribution in [2.75, 3.05) is 7.11 Å². The molecule has 0 heterocycles. The summed E-state index contributed by atoms with van der Waals surface area (Å²) in [5.74, 6) is -0.234. The third kappa shape index (κ3) is 3.51. The van der Waals surface area contributed by atoms with Gasteiger partial charge in [-0.05, 0) is 36.6 Å². The van der Waals surface area contributed by atoms with Crippen LogP contribution in [0.25, 0.3) is 0 Å². The van der Waals surface area contributed by atoms with Crippen molar-refractivity contribution in [2.24, 2.45) is 5.73 Å². The Balaban J connectivity index is 2.65. The smallest absolute Gasteiger partial charge is 0.305 e. The molecule has 0 aliphatic heterocycles. The molecule has 1 rings (SSSR count). The molecule has 1 unspecified atom stereocenters. The maximum atomic E-state index is 11.0. The Morgan fingerprint density at radius 3 is 2.81 bits per heavy atom. The van der Waals surface area contributed by atoms with Crippen LogP contribution < -0.4 is 5.73 Å². The van der Waals surface area contributed by atoms with Crippen LogP contribution >= 0.6 is 11.6 Å². The number of ether oxygens (including phenoxy) is 1. The minimum absolute atomic E-state index is 0.156. The fourth-order valence-electron chi connectivity index (χ4n) is 1.59. The van der Waals surface area contributed by atoms with Crippen molar-refractivity contribution in [3.63, 3.8) is 0 Å². The minimum Gasteiger partial charge on any atom is -0.469 e. The van der Waals surface area contributed by atoms with E-state index >= 15 is 0 Å². The van der Waals surface area contributed by atoms with E-state index in [1.54, 1.807) is 0 Å². The van der Waals surface area contributed by atoms with E-state index in [0.717, 1.165) is 11.1 Å². The van der Waals surface area contributed by atoms with Gasteiger partial charge in [0.05, 0.1) is 7.11 Å². The molecule has 0 spiro atoms. The quantitative estimate of drug-likeness (QED) is 0.825. The first-order valence-electron chi connectivity index (χ1n) is 5.13. The number of nitrogens with two attached hydrogens (primary N) is 1. The lowest BCUT2D eigenvalue weighted by Gasteiger charge is -2.14. The van der Waals surface area contributed by atoms with E-state index in [4.69, 9.17) is 17.3 Å². The maximum absolute atomic E-state index is 11.0. The van der Waals surface area contributed by atoms with Crippen molar-refractivity contribution >= 4 is 17.6 Å². The lowest BCUT2D eigenvalue weighted by molar-refractivity contribution is -0.140. The van der Waals surface area contributed by atoms with Crippen LogP contribution in [0.5, 0.6) is 0 Å². The van der Waals surface area contributed by atoms with E-state index in [0.29, 0.717) is 17.9 Å². The third-order valence-corrected chi connectivity index (χ3v) is 2.75. The molecule has 0 aromatic heterocycles. The van der Waals surface area contributed by atoms with Gasteiger partial charge in [0, 0.05) is 17.5 Å². The zero-order valence-corrected chi connectivity index (χ0v) is 10.3. The van der Waals surface area contributed by atoms with Gasteiger partial charge in [-0.25, -0.2) is 0 Å². The van der Waals surface area contributed by atoms with Gasteiger partial charge in [0.15, 0.2) is 0 Å². The molecule has 0 saturated carbocycles. The molecule has 0 amide bonds. The van der Waals surface area contributed by atoms with Gasteiger partial charge in [-0.15, -0.1) is 0 Å². The highest BCUT2D eigenvalue weighted by atomic mass is 35.5. The summed E-state index contributed by atoms with van der Waals surface area (Å²) >= 11 is 5.86. The summed E-state index contributed by atoms with van der Waals surface area (Å²) in [5.41, 5.74) is 8.07. The van der Waals surface area contributed by atoms with Crippen LogP contribution in [-0.4, -0.2) is 13.1 Å². The summed E-state index contributed by atoms with van der Waals surface area (Å²) in [6.07, 6.45) is 0.912. The summed E-state index contributed by atoms with van der Waals surface area (Å²) in [5, 5.41) is 0.696. The van der Waals surface area contributed by atoms with Gasteiger partial charge in [0.25, 0.3) is 0 Å². The zero-order valence-electron chi connectivity index (χ0n) is 9.50. The molecule has 16 heavy (non-hydrogen) atoms. The van der Waals surface area contributed by atoms with E-state index in [1.165, 1.54) is 7.11 Å². The van der Waals surface area contributed by atoms with Crippen LogP contribution in [0.2, 0.25) is 5.02 Å². The van der Waals surface area contributed by atoms with Gasteiger partial charge in [-0.1, -0.05) is 17.7 Å². The van der Waals surface area contributed by atoms with Crippen LogP contribution in [0.4, 0.5) is 0 Å². The number of carbonyl (C=O) groups is 1. The molecule has 3 nitrogen and oxygen atoms in total. The van der Waals surface area contributed by atoms with Crippen molar-refractivity contribution in [3.05, 3.63) is 34.3 Å². The highest BCUT2D eigenvalue weighted by molar-refractivity contribution is 6.30. The number of benzene rings is 1. The molecule has 2 N–H and O–H groups in total. The van der Waals surface area contributed by atoms with E-state index < -0.39 is 0 Å². The number of carbonyl (C=O) groups excluding carboxylic acids is 1. The molecule has 1 aromatic carbocycles. The van der Waals surface area contributed by atoms with Gasteiger partial charge in [0.1, 0.15) is 0 Å². The first-order valence-corrected chi connectivity index (χ1v) is 5.51. The number of hydrogen-bond acceptors (Lipinski definition) is 3. The summed E-state index contributed by atoms with van der Waals surface area (Å²) in [7, 11) is 1.38. The molecule has 0 aliphatic carbocycles. The van der Waals surface area contributed by atoms with Crippen molar-refractivity contribution < 1.29 is 9.53 Å². The summed E-state index contributed by atoms with van der Waals surface area (Å²) in [6, 6.07) is 5.42. The Morgan fingerprint density at radius 2 is 2.25 bits per heavy atom. The summed E-state index contributed by atoms with van der Waals surface area (Å²) < 4.78 is 4.57. The molecule has 0 bridgehead atoms. The second-order valence-electron chi connectivity index (χ2n) is 3.72. The van der Waals surface area contributed by atoms with Gasteiger partial charge in [-0.2, -0.15) is 0 Å². The Bertz CT molecular complexity index is 379.